The van der Waals surface area contributed by atoms with Crippen molar-refractivity contribution in [1.82, 2.24) is 19.3 Å². The number of carbonyl (C=O) groups excluding carboxylic acids is 1. The van der Waals surface area contributed by atoms with Crippen LogP contribution in [0.1, 0.15) is 6.92 Å². The van der Waals surface area contributed by atoms with Crippen LogP contribution in [-0.2, 0) is 21.9 Å². The highest BCUT2D eigenvalue weighted by atomic mass is 79.9. The summed E-state index contributed by atoms with van der Waals surface area (Å²) in [7, 11) is -2.39. The number of aromatic nitrogens is 3. The van der Waals surface area contributed by atoms with Crippen LogP contribution in [0.3, 0.4) is 0 Å². The van der Waals surface area contributed by atoms with Crippen LogP contribution in [0.4, 0.5) is 0 Å². The molecule has 1 amide bonds. The van der Waals surface area contributed by atoms with Crippen molar-refractivity contribution in [1.29, 1.82) is 0 Å². The predicted octanol–water partition coefficient (Wildman–Crippen LogP) is -0.926. The number of aryl methyl sites for hydroxylation is 1. The summed E-state index contributed by atoms with van der Waals surface area (Å²) in [4.78, 5) is 10.8. The van der Waals surface area contributed by atoms with Crippen LogP contribution >= 0.6 is 15.9 Å². The summed E-state index contributed by atoms with van der Waals surface area (Å²) < 4.78 is 26.5. The molecule has 10 heteroatoms. The Labute approximate surface area is 107 Å². The number of amides is 1. The van der Waals surface area contributed by atoms with Gasteiger partial charge in [0.1, 0.15) is 0 Å². The zero-order valence-corrected chi connectivity index (χ0v) is 11.7. The van der Waals surface area contributed by atoms with Gasteiger partial charge in [0.05, 0.1) is 6.54 Å². The summed E-state index contributed by atoms with van der Waals surface area (Å²) in [6, 6.07) is 0. The van der Waals surface area contributed by atoms with Gasteiger partial charge in [-0.25, -0.2) is 13.1 Å². The summed E-state index contributed by atoms with van der Waals surface area (Å²) >= 11 is 3.00. The Balaban J connectivity index is 3.22. The molecule has 17 heavy (non-hydrogen) atoms. The molecule has 96 valence electrons. The maximum atomic E-state index is 12.2. The lowest BCUT2D eigenvalue weighted by molar-refractivity contribution is -0.118. The van der Waals surface area contributed by atoms with E-state index in [0.717, 1.165) is 8.99 Å². The minimum Gasteiger partial charge on any atom is -0.369 e. The first-order valence-corrected chi connectivity index (χ1v) is 6.87. The third-order valence-corrected chi connectivity index (χ3v) is 4.82. The fourth-order valence-electron chi connectivity index (χ4n) is 1.26. The Bertz CT molecular complexity index is 506. The highest BCUT2D eigenvalue weighted by Gasteiger charge is 2.30. The van der Waals surface area contributed by atoms with E-state index in [1.807, 2.05) is 0 Å². The van der Waals surface area contributed by atoms with Gasteiger partial charge >= 0.3 is 0 Å². The van der Waals surface area contributed by atoms with Crippen LogP contribution in [0, 0.1) is 0 Å². The molecule has 1 heterocycles. The standard InChI is InChI=1S/C7H12BrN5O3S/c1-3-13(4-5(9)14)17(15,16)7-6(8)10-11-12(7)2/h3-4H2,1-2H3,(H2,9,14). The van der Waals surface area contributed by atoms with Crippen LogP contribution in [0.15, 0.2) is 9.63 Å². The van der Waals surface area contributed by atoms with Crippen LogP contribution in [0.25, 0.3) is 0 Å². The van der Waals surface area contributed by atoms with Gasteiger partial charge in [-0.05, 0) is 15.9 Å². The van der Waals surface area contributed by atoms with Crippen molar-refractivity contribution in [2.24, 2.45) is 12.8 Å². The fourth-order valence-corrected chi connectivity index (χ4v) is 3.71. The first-order chi connectivity index (χ1) is 7.80. The van der Waals surface area contributed by atoms with Crippen molar-refractivity contribution in [2.75, 3.05) is 13.1 Å². The molecule has 0 atom stereocenters. The van der Waals surface area contributed by atoms with E-state index in [1.54, 1.807) is 6.92 Å². The Morgan fingerprint density at radius 1 is 1.59 bits per heavy atom. The molecule has 0 aliphatic heterocycles. The number of rotatable bonds is 5. The lowest BCUT2D eigenvalue weighted by Crippen LogP contribution is -2.39. The van der Waals surface area contributed by atoms with Crippen molar-refractivity contribution < 1.29 is 13.2 Å². The Kier molecular flexibility index (Phi) is 4.22. The van der Waals surface area contributed by atoms with Gasteiger partial charge in [-0.2, -0.15) is 4.31 Å². The second-order valence-corrected chi connectivity index (χ2v) is 5.81. The monoisotopic (exact) mass is 325 g/mol. The molecule has 0 saturated heterocycles. The number of likely N-dealkylation sites (N-methyl/N-ethyl adjacent to an activating group) is 1. The van der Waals surface area contributed by atoms with Gasteiger partial charge in [-0.1, -0.05) is 12.1 Å². The first-order valence-electron chi connectivity index (χ1n) is 4.64. The van der Waals surface area contributed by atoms with Gasteiger partial charge in [0.25, 0.3) is 10.0 Å². The van der Waals surface area contributed by atoms with Crippen molar-refractivity contribution in [2.45, 2.75) is 11.9 Å². The summed E-state index contributed by atoms with van der Waals surface area (Å²) in [6.45, 7) is 1.36. The smallest absolute Gasteiger partial charge is 0.263 e. The predicted molar refractivity (Wildman–Crippen MR) is 62.3 cm³/mol. The third-order valence-electron chi connectivity index (χ3n) is 2.01. The Hall–Kier alpha value is -1.00. The zero-order chi connectivity index (χ0) is 13.2. The molecule has 0 bridgehead atoms. The minimum atomic E-state index is -3.84. The van der Waals surface area contributed by atoms with E-state index in [9.17, 15) is 13.2 Å². The number of hydrogen-bond donors (Lipinski definition) is 1. The topological polar surface area (TPSA) is 111 Å². The van der Waals surface area contributed by atoms with Crippen LogP contribution in [0.2, 0.25) is 0 Å². The molecule has 0 aromatic carbocycles. The average molecular weight is 326 g/mol. The quantitative estimate of drug-likeness (QED) is 0.752. The van der Waals surface area contributed by atoms with Crippen molar-refractivity contribution in [3.8, 4) is 0 Å². The minimum absolute atomic E-state index is 0.0999. The lowest BCUT2D eigenvalue weighted by Gasteiger charge is -2.18. The molecule has 0 saturated carbocycles. The highest BCUT2D eigenvalue weighted by Crippen LogP contribution is 2.21. The molecule has 2 N–H and O–H groups in total. The Morgan fingerprint density at radius 2 is 2.18 bits per heavy atom. The van der Waals surface area contributed by atoms with Crippen molar-refractivity contribution in [3.63, 3.8) is 0 Å². The molecule has 0 radical (unpaired) electrons. The lowest BCUT2D eigenvalue weighted by atomic mass is 10.6. The maximum absolute atomic E-state index is 12.2. The summed E-state index contributed by atoms with van der Waals surface area (Å²) in [6.07, 6.45) is 0. The third kappa shape index (κ3) is 2.82. The van der Waals surface area contributed by atoms with Gasteiger partial charge in [0, 0.05) is 13.6 Å². The van der Waals surface area contributed by atoms with Gasteiger partial charge in [-0.3, -0.25) is 4.79 Å². The van der Waals surface area contributed by atoms with Gasteiger partial charge in [0.15, 0.2) is 4.60 Å². The molecule has 8 nitrogen and oxygen atoms in total. The van der Waals surface area contributed by atoms with E-state index in [1.165, 1.54) is 7.05 Å². The van der Waals surface area contributed by atoms with Gasteiger partial charge in [-0.15, -0.1) is 5.10 Å². The summed E-state index contributed by atoms with van der Waals surface area (Å²) in [5, 5.41) is 7.05. The second-order valence-electron chi connectivity index (χ2n) is 3.21. The van der Waals surface area contributed by atoms with E-state index >= 15 is 0 Å². The van der Waals surface area contributed by atoms with E-state index in [2.05, 4.69) is 26.2 Å². The van der Waals surface area contributed by atoms with Gasteiger partial charge < -0.3 is 5.73 Å². The highest BCUT2D eigenvalue weighted by molar-refractivity contribution is 9.10. The normalized spacial score (nSPS) is 12.0. The number of primary amides is 1. The van der Waals surface area contributed by atoms with E-state index in [-0.39, 0.29) is 22.7 Å². The summed E-state index contributed by atoms with van der Waals surface area (Å²) in [5.41, 5.74) is 5.00. The molecular weight excluding hydrogens is 314 g/mol. The van der Waals surface area contributed by atoms with E-state index in [0.29, 0.717) is 0 Å². The van der Waals surface area contributed by atoms with Crippen LogP contribution in [-0.4, -0.2) is 46.7 Å². The van der Waals surface area contributed by atoms with Gasteiger partial charge in [0.2, 0.25) is 10.9 Å². The first kappa shape index (κ1) is 14.1. The molecule has 0 unspecified atom stereocenters. The number of halogens is 1. The largest absolute Gasteiger partial charge is 0.369 e. The van der Waals surface area contributed by atoms with Crippen LogP contribution in [0.5, 0.6) is 0 Å². The maximum Gasteiger partial charge on any atom is 0.263 e. The number of nitrogens with zero attached hydrogens (tertiary/aromatic N) is 4. The molecule has 0 aliphatic rings. The Morgan fingerprint density at radius 3 is 2.53 bits per heavy atom. The van der Waals surface area contributed by atoms with Crippen molar-refractivity contribution in [3.05, 3.63) is 4.60 Å². The average Bonchev–Trinajstić information content (AvgIpc) is 2.54. The molecule has 0 fully saturated rings. The van der Waals surface area contributed by atoms with Crippen LogP contribution < -0.4 is 5.73 Å². The van der Waals surface area contributed by atoms with E-state index < -0.39 is 15.9 Å². The number of sulfonamides is 1. The molecular formula is C7H12BrN5O3S. The van der Waals surface area contributed by atoms with E-state index in [4.69, 9.17) is 5.73 Å². The zero-order valence-electron chi connectivity index (χ0n) is 9.29. The van der Waals surface area contributed by atoms with Crippen molar-refractivity contribution >= 4 is 31.9 Å². The molecule has 1 aromatic heterocycles. The second kappa shape index (κ2) is 5.10. The molecule has 1 rings (SSSR count). The summed E-state index contributed by atoms with van der Waals surface area (Å²) in [5.74, 6) is -0.721. The fraction of sp³-hybridized carbons (Fsp3) is 0.571. The number of hydrogen-bond acceptors (Lipinski definition) is 5. The SMILES string of the molecule is CCN(CC(N)=O)S(=O)(=O)c1c(Br)nnn1C. The molecule has 0 aliphatic carbocycles. The number of carbonyl (C=O) groups is 1. The molecule has 1 aromatic rings. The molecule has 0 spiro atoms. The number of nitrogens with two attached hydrogens (primary N) is 1.